The minimum Gasteiger partial charge on any atom is -0.316 e. The molecule has 1 fully saturated rings. The average Bonchev–Trinajstić information content (AvgIpc) is 3.41. The van der Waals surface area contributed by atoms with Crippen molar-refractivity contribution < 1.29 is 4.39 Å². The second kappa shape index (κ2) is 23.3. The maximum absolute atomic E-state index is 12.2. The third kappa shape index (κ3) is 15.6. The van der Waals surface area contributed by atoms with Gasteiger partial charge in [0.05, 0.1) is 6.67 Å². The normalized spacial score (nSPS) is 20.2. The predicted molar refractivity (Wildman–Crippen MR) is 163 cm³/mol. The van der Waals surface area contributed by atoms with Crippen LogP contribution in [0, 0.1) is 11.8 Å². The van der Waals surface area contributed by atoms with Gasteiger partial charge in [-0.25, -0.2) is 0 Å². The highest BCUT2D eigenvalue weighted by Crippen LogP contribution is 2.33. The average molecular weight is 508 g/mol. The SMILES string of the molecule is C/C=C(\C1=C(C)CCC(C)=C1)C1CCNC1.CC.CC.CC(CF)CC1=CC=C(S)CC1.CCC. The summed E-state index contributed by atoms with van der Waals surface area (Å²) in [5.74, 6) is 0.906. The number of hydrogen-bond donors (Lipinski definition) is 2. The number of nitrogens with one attached hydrogen (secondary N) is 1. The van der Waals surface area contributed by atoms with E-state index in [1.807, 2.05) is 40.7 Å². The molecule has 1 N–H and O–H groups in total. The third-order valence-electron chi connectivity index (χ3n) is 5.95. The third-order valence-corrected chi connectivity index (χ3v) is 6.33. The van der Waals surface area contributed by atoms with E-state index in [4.69, 9.17) is 0 Å². The molecule has 0 bridgehead atoms. The molecule has 0 amide bonds. The Kier molecular flexibility index (Phi) is 24.1. The van der Waals surface area contributed by atoms with Crippen molar-refractivity contribution in [3.8, 4) is 0 Å². The molecule has 2 atom stereocenters. The molecule has 1 nitrogen and oxygen atoms in total. The quantitative estimate of drug-likeness (QED) is 0.353. The molecule has 204 valence electrons. The number of hydrogen-bond acceptors (Lipinski definition) is 2. The molecular formula is C32H58FNS. The van der Waals surface area contributed by atoms with E-state index in [1.165, 1.54) is 48.9 Å². The van der Waals surface area contributed by atoms with Crippen LogP contribution in [0.25, 0.3) is 0 Å². The first kappa shape index (κ1) is 36.1. The van der Waals surface area contributed by atoms with Crippen LogP contribution in [0.1, 0.15) is 114 Å². The molecule has 1 saturated heterocycles. The maximum Gasteiger partial charge on any atom is 0.0923 e. The van der Waals surface area contributed by atoms with Crippen LogP contribution < -0.4 is 5.32 Å². The Morgan fingerprint density at radius 2 is 1.71 bits per heavy atom. The van der Waals surface area contributed by atoms with Gasteiger partial charge in [0.15, 0.2) is 0 Å². The Bertz CT molecular complexity index is 690. The van der Waals surface area contributed by atoms with Crippen LogP contribution in [0.5, 0.6) is 0 Å². The van der Waals surface area contributed by atoms with E-state index in [2.05, 4.69) is 70.8 Å². The summed E-state index contributed by atoms with van der Waals surface area (Å²) in [5.41, 5.74) is 7.57. The summed E-state index contributed by atoms with van der Waals surface area (Å²) < 4.78 is 12.2. The standard InChI is InChI=1S/C15H23N.C10H15FS.C3H8.2C2H6/c1-4-14(13-7-8-16-10-13)15-9-11(2)5-6-12(15)3;1-8(7-11)6-9-2-4-10(12)5-3-9;1-3-2;2*1-2/h4,9,13,16H,5-8,10H2,1-3H3;2,4,8,12H,3,5-7H2,1H3;3H2,1-2H3;2*1-2H3/b14-4-;;;;. The summed E-state index contributed by atoms with van der Waals surface area (Å²) >= 11 is 4.26. The Morgan fingerprint density at radius 3 is 2.17 bits per heavy atom. The number of allylic oxidation sites excluding steroid dienone is 9. The van der Waals surface area contributed by atoms with Crippen LogP contribution in [-0.4, -0.2) is 19.8 Å². The maximum atomic E-state index is 12.2. The molecule has 2 unspecified atom stereocenters. The summed E-state index contributed by atoms with van der Waals surface area (Å²) in [5, 5.41) is 3.47. The Labute approximate surface area is 224 Å². The van der Waals surface area contributed by atoms with Crippen molar-refractivity contribution in [2.24, 2.45) is 11.8 Å². The summed E-state index contributed by atoms with van der Waals surface area (Å²) in [4.78, 5) is 1.13. The van der Waals surface area contributed by atoms with Crippen molar-refractivity contribution in [2.45, 2.75) is 114 Å². The lowest BCUT2D eigenvalue weighted by Crippen LogP contribution is -2.13. The van der Waals surface area contributed by atoms with Gasteiger partial charge in [-0.05, 0) is 93.7 Å². The van der Waals surface area contributed by atoms with Gasteiger partial charge in [0, 0.05) is 6.54 Å². The molecule has 0 saturated carbocycles. The van der Waals surface area contributed by atoms with Gasteiger partial charge in [-0.1, -0.05) is 95.9 Å². The second-order valence-electron chi connectivity index (χ2n) is 9.27. The fourth-order valence-corrected chi connectivity index (χ4v) is 4.35. The highest BCUT2D eigenvalue weighted by molar-refractivity contribution is 7.84. The van der Waals surface area contributed by atoms with Crippen molar-refractivity contribution in [1.82, 2.24) is 5.32 Å². The Hall–Kier alpha value is -1.06. The van der Waals surface area contributed by atoms with E-state index in [0.29, 0.717) is 0 Å². The van der Waals surface area contributed by atoms with Gasteiger partial charge in [0.2, 0.25) is 0 Å². The zero-order valence-electron chi connectivity index (χ0n) is 24.9. The molecule has 0 aromatic heterocycles. The predicted octanol–water partition coefficient (Wildman–Crippen LogP) is 10.6. The second-order valence-corrected chi connectivity index (χ2v) is 9.85. The fourth-order valence-electron chi connectivity index (χ4n) is 4.16. The summed E-state index contributed by atoms with van der Waals surface area (Å²) in [7, 11) is 0. The van der Waals surface area contributed by atoms with Gasteiger partial charge < -0.3 is 5.32 Å². The Balaban J connectivity index is 0. The van der Waals surface area contributed by atoms with Crippen molar-refractivity contribution in [1.29, 1.82) is 0 Å². The van der Waals surface area contributed by atoms with Crippen molar-refractivity contribution in [3.63, 3.8) is 0 Å². The number of thiol groups is 1. The molecule has 0 aromatic carbocycles. The number of halogens is 1. The molecule has 35 heavy (non-hydrogen) atoms. The van der Waals surface area contributed by atoms with Gasteiger partial charge in [-0.15, -0.1) is 12.6 Å². The van der Waals surface area contributed by atoms with Crippen molar-refractivity contribution in [3.05, 3.63) is 57.1 Å². The van der Waals surface area contributed by atoms with E-state index in [0.717, 1.165) is 36.6 Å². The minimum atomic E-state index is -0.214. The van der Waals surface area contributed by atoms with Crippen LogP contribution >= 0.6 is 12.6 Å². The minimum absolute atomic E-state index is 0.172. The van der Waals surface area contributed by atoms with Crippen LogP contribution in [0.15, 0.2) is 57.1 Å². The van der Waals surface area contributed by atoms with Gasteiger partial charge in [-0.2, -0.15) is 0 Å². The van der Waals surface area contributed by atoms with E-state index >= 15 is 0 Å². The van der Waals surface area contributed by atoms with E-state index in [-0.39, 0.29) is 12.6 Å². The van der Waals surface area contributed by atoms with Gasteiger partial charge in [0.1, 0.15) is 0 Å². The number of alkyl halides is 1. The van der Waals surface area contributed by atoms with Gasteiger partial charge in [0.25, 0.3) is 0 Å². The molecule has 0 radical (unpaired) electrons. The van der Waals surface area contributed by atoms with E-state index in [9.17, 15) is 4.39 Å². The highest BCUT2D eigenvalue weighted by atomic mass is 32.1. The summed E-state index contributed by atoms with van der Waals surface area (Å²) in [6, 6.07) is 0. The first-order valence-electron chi connectivity index (χ1n) is 14.2. The van der Waals surface area contributed by atoms with E-state index < -0.39 is 0 Å². The molecule has 1 aliphatic heterocycles. The van der Waals surface area contributed by atoms with Crippen LogP contribution in [-0.2, 0) is 0 Å². The topological polar surface area (TPSA) is 12.0 Å². The summed E-state index contributed by atoms with van der Waals surface area (Å²) in [6.45, 7) is 23.1. The lowest BCUT2D eigenvalue weighted by atomic mass is 9.83. The van der Waals surface area contributed by atoms with E-state index in [1.54, 1.807) is 11.1 Å². The van der Waals surface area contributed by atoms with Crippen molar-refractivity contribution >= 4 is 12.6 Å². The lowest BCUT2D eigenvalue weighted by Gasteiger charge is -2.22. The first-order valence-corrected chi connectivity index (χ1v) is 14.7. The summed E-state index contributed by atoms with van der Waals surface area (Å²) in [6.07, 6.45) is 16.8. The molecule has 1 heterocycles. The number of rotatable bonds is 5. The zero-order chi connectivity index (χ0) is 27.2. The Morgan fingerprint density at radius 1 is 1.09 bits per heavy atom. The lowest BCUT2D eigenvalue weighted by molar-refractivity contribution is 0.378. The molecule has 0 spiro atoms. The monoisotopic (exact) mass is 507 g/mol. The molecule has 2 aliphatic carbocycles. The van der Waals surface area contributed by atoms with Gasteiger partial charge in [-0.3, -0.25) is 4.39 Å². The van der Waals surface area contributed by atoms with Crippen LogP contribution in [0.4, 0.5) is 4.39 Å². The van der Waals surface area contributed by atoms with Gasteiger partial charge >= 0.3 is 0 Å². The molecule has 3 heteroatoms. The molecule has 3 rings (SSSR count). The first-order chi connectivity index (χ1) is 16.9. The molecule has 3 aliphatic rings. The van der Waals surface area contributed by atoms with Crippen molar-refractivity contribution in [2.75, 3.05) is 19.8 Å². The smallest absolute Gasteiger partial charge is 0.0923 e. The molecular weight excluding hydrogens is 449 g/mol. The molecule has 0 aromatic rings. The zero-order valence-corrected chi connectivity index (χ0v) is 25.8. The van der Waals surface area contributed by atoms with Crippen LogP contribution in [0.3, 0.4) is 0 Å². The highest BCUT2D eigenvalue weighted by Gasteiger charge is 2.22. The largest absolute Gasteiger partial charge is 0.316 e. The van der Waals surface area contributed by atoms with Crippen LogP contribution in [0.2, 0.25) is 0 Å². The fraction of sp³-hybridized carbons (Fsp3) is 0.688.